The lowest BCUT2D eigenvalue weighted by Crippen LogP contribution is -2.31. The second-order valence-corrected chi connectivity index (χ2v) is 10.9. The number of rotatable bonds is 14. The van der Waals surface area contributed by atoms with Gasteiger partial charge in [0, 0.05) is 12.2 Å². The fraction of sp³-hybridized carbons (Fsp3) is 0.128. The molecule has 0 aliphatic carbocycles. The molecule has 0 radical (unpaired) electrons. The van der Waals surface area contributed by atoms with E-state index in [0.29, 0.717) is 41.8 Å². The largest absolute Gasteiger partial charge is 0.487 e. The molecule has 0 spiro atoms. The molecular weight excluding hydrogens is 606 g/mol. The molecule has 1 atom stereocenters. The molecule has 9 nitrogen and oxygen atoms in total. The lowest BCUT2D eigenvalue weighted by Gasteiger charge is -2.09. The van der Waals surface area contributed by atoms with Gasteiger partial charge in [-0.3, -0.25) is 4.79 Å². The number of ether oxygens (including phenoxy) is 2. The molecule has 48 heavy (non-hydrogen) atoms. The van der Waals surface area contributed by atoms with Crippen molar-refractivity contribution in [3.63, 3.8) is 0 Å². The molecule has 2 aromatic heterocycles. The van der Waals surface area contributed by atoms with E-state index in [9.17, 15) is 9.59 Å². The summed E-state index contributed by atoms with van der Waals surface area (Å²) in [6.45, 7) is 0.236. The lowest BCUT2D eigenvalue weighted by atomic mass is 10.1. The van der Waals surface area contributed by atoms with E-state index in [0.717, 1.165) is 21.6 Å². The molecular formula is C39H33N3O6. The minimum Gasteiger partial charge on any atom is -0.487 e. The maximum atomic E-state index is 13.0. The van der Waals surface area contributed by atoms with Crippen molar-refractivity contribution in [2.24, 2.45) is 0 Å². The molecule has 1 unspecified atom stereocenters. The highest BCUT2D eigenvalue weighted by molar-refractivity contribution is 5.99. The molecule has 1 fully saturated rings. The van der Waals surface area contributed by atoms with Gasteiger partial charge in [0.1, 0.15) is 30.6 Å². The first kappa shape index (κ1) is 31.7. The van der Waals surface area contributed by atoms with Gasteiger partial charge in [-0.05, 0) is 41.7 Å². The Balaban J connectivity index is 0.926. The van der Waals surface area contributed by atoms with Crippen LogP contribution in [-0.4, -0.2) is 33.0 Å². The molecule has 1 aliphatic rings. The number of hydrogen-bond acceptors (Lipinski definition) is 8. The third-order valence-electron chi connectivity index (χ3n) is 7.35. The van der Waals surface area contributed by atoms with E-state index < -0.39 is 12.2 Å². The molecule has 0 bridgehead atoms. The van der Waals surface area contributed by atoms with Crippen LogP contribution in [0.1, 0.15) is 46.3 Å². The minimum atomic E-state index is -0.855. The van der Waals surface area contributed by atoms with Gasteiger partial charge in [0.05, 0.1) is 12.2 Å². The molecule has 5 aromatic rings. The zero-order valence-electron chi connectivity index (χ0n) is 26.1. The van der Waals surface area contributed by atoms with Gasteiger partial charge < -0.3 is 18.3 Å². The molecule has 0 N–H and O–H groups in total. The zero-order chi connectivity index (χ0) is 33.0. The highest BCUT2D eigenvalue weighted by atomic mass is 16.6. The van der Waals surface area contributed by atoms with E-state index in [1.807, 2.05) is 121 Å². The van der Waals surface area contributed by atoms with Crippen LogP contribution < -0.4 is 4.74 Å². The van der Waals surface area contributed by atoms with Crippen LogP contribution in [0.4, 0.5) is 4.79 Å². The smallest absolute Gasteiger partial charge is 0.417 e. The van der Waals surface area contributed by atoms with Crippen LogP contribution in [0.25, 0.3) is 24.3 Å². The maximum absolute atomic E-state index is 13.0. The predicted octanol–water partition coefficient (Wildman–Crippen LogP) is 8.18. The van der Waals surface area contributed by atoms with Crippen molar-refractivity contribution < 1.29 is 27.9 Å². The fourth-order valence-electron chi connectivity index (χ4n) is 4.87. The Hall–Kier alpha value is -6.22. The Morgan fingerprint density at radius 3 is 1.88 bits per heavy atom. The summed E-state index contributed by atoms with van der Waals surface area (Å²) in [4.78, 5) is 35.3. The highest BCUT2D eigenvalue weighted by Crippen LogP contribution is 2.22. The van der Waals surface area contributed by atoms with E-state index >= 15 is 0 Å². The van der Waals surface area contributed by atoms with Gasteiger partial charge in [-0.25, -0.2) is 19.7 Å². The van der Waals surface area contributed by atoms with Gasteiger partial charge in [0.15, 0.2) is 6.10 Å². The van der Waals surface area contributed by atoms with Crippen molar-refractivity contribution in [2.45, 2.75) is 32.1 Å². The molecule has 9 heteroatoms. The quantitative estimate of drug-likeness (QED) is 0.112. The number of aryl methyl sites for hydroxylation is 1. The van der Waals surface area contributed by atoms with Crippen LogP contribution in [0, 0.1) is 0 Å². The number of imide groups is 1. The summed E-state index contributed by atoms with van der Waals surface area (Å²) in [5.74, 6) is 1.15. The summed E-state index contributed by atoms with van der Waals surface area (Å²) in [5, 5.41) is 0. The third kappa shape index (κ3) is 8.95. The molecule has 3 heterocycles. The van der Waals surface area contributed by atoms with E-state index in [2.05, 4.69) is 9.97 Å². The molecule has 0 saturated carbocycles. The lowest BCUT2D eigenvalue weighted by molar-refractivity contribution is -0.130. The molecule has 1 aliphatic heterocycles. The second kappa shape index (κ2) is 15.9. The van der Waals surface area contributed by atoms with E-state index in [1.54, 1.807) is 18.4 Å². The van der Waals surface area contributed by atoms with Gasteiger partial charge in [0.2, 0.25) is 11.8 Å². The Labute approximate surface area is 278 Å². The molecule has 240 valence electrons. The topological polar surface area (TPSA) is 108 Å². The zero-order valence-corrected chi connectivity index (χ0v) is 26.1. The highest BCUT2D eigenvalue weighted by Gasteiger charge is 2.40. The van der Waals surface area contributed by atoms with E-state index in [-0.39, 0.29) is 19.1 Å². The number of allylic oxidation sites excluding steroid dienone is 4. The normalized spacial score (nSPS) is 15.1. The molecule has 3 aromatic carbocycles. The number of aromatic nitrogens is 2. The number of nitrogens with zero attached hydrogens (tertiary/aromatic N) is 3. The van der Waals surface area contributed by atoms with E-state index in [1.165, 1.54) is 6.26 Å². The van der Waals surface area contributed by atoms with E-state index in [4.69, 9.17) is 18.3 Å². The first-order valence-corrected chi connectivity index (χ1v) is 15.5. The van der Waals surface area contributed by atoms with Gasteiger partial charge in [-0.2, -0.15) is 0 Å². The average Bonchev–Trinajstić information content (AvgIpc) is 3.84. The Bertz CT molecular complexity index is 1920. The Morgan fingerprint density at radius 2 is 1.25 bits per heavy atom. The summed E-state index contributed by atoms with van der Waals surface area (Å²) in [5.41, 5.74) is 4.30. The molecule has 1 saturated heterocycles. The summed E-state index contributed by atoms with van der Waals surface area (Å²) in [6.07, 6.45) is 17.3. The number of benzene rings is 3. The SMILES string of the molecule is O=C1OC(CCc2ccc(OCc3coc(/C=C/C=C/c4ccccc4)n3)cc2)C(=O)N1Cc1coc(/C=C/C=C/c2ccccc2)n1. The standard InChI is InChI=1S/C39H33N3O6/c43-38-35(48-39(44)42(38)25-32-26-46-36(40-32)17-9-7-15-29-11-3-1-4-12-29)24-21-31-19-22-34(23-20-31)45-27-33-28-47-37(41-33)18-10-8-16-30-13-5-2-6-14-30/h1-20,22-23,26,28,35H,21,24-25,27H2/b15-7+,16-8+,17-9+,18-10+. The first-order chi connectivity index (χ1) is 23.6. The van der Waals surface area contributed by atoms with Crippen LogP contribution in [0.3, 0.4) is 0 Å². The van der Waals surface area contributed by atoms with Crippen molar-refractivity contribution in [3.05, 3.63) is 162 Å². The van der Waals surface area contributed by atoms with Crippen molar-refractivity contribution in [1.29, 1.82) is 0 Å². The van der Waals surface area contributed by atoms with Crippen molar-refractivity contribution in [2.75, 3.05) is 0 Å². The van der Waals surface area contributed by atoms with Crippen LogP contribution >= 0.6 is 0 Å². The number of oxazole rings is 2. The van der Waals surface area contributed by atoms with Crippen molar-refractivity contribution in [1.82, 2.24) is 14.9 Å². The minimum absolute atomic E-state index is 0.0218. The van der Waals surface area contributed by atoms with Gasteiger partial charge >= 0.3 is 6.09 Å². The predicted molar refractivity (Wildman–Crippen MR) is 182 cm³/mol. The van der Waals surface area contributed by atoms with Crippen LogP contribution in [0.15, 0.2) is 131 Å². The number of amides is 2. The number of carbonyl (C=O) groups is 2. The second-order valence-electron chi connectivity index (χ2n) is 10.9. The average molecular weight is 640 g/mol. The van der Waals surface area contributed by atoms with Crippen molar-refractivity contribution in [3.8, 4) is 5.75 Å². The number of carbonyl (C=O) groups excluding carboxylic acids is 2. The van der Waals surface area contributed by atoms with Crippen LogP contribution in [-0.2, 0) is 29.1 Å². The summed E-state index contributed by atoms with van der Waals surface area (Å²) in [6, 6.07) is 27.5. The van der Waals surface area contributed by atoms with Crippen molar-refractivity contribution >= 4 is 36.3 Å². The van der Waals surface area contributed by atoms with Crippen LogP contribution in [0.5, 0.6) is 5.75 Å². The summed E-state index contributed by atoms with van der Waals surface area (Å²) < 4.78 is 22.2. The van der Waals surface area contributed by atoms with Crippen LogP contribution in [0.2, 0.25) is 0 Å². The van der Waals surface area contributed by atoms with Gasteiger partial charge in [-0.1, -0.05) is 109 Å². The maximum Gasteiger partial charge on any atom is 0.417 e. The fourth-order valence-corrected chi connectivity index (χ4v) is 4.87. The van der Waals surface area contributed by atoms with Gasteiger partial charge in [-0.15, -0.1) is 0 Å². The monoisotopic (exact) mass is 639 g/mol. The summed E-state index contributed by atoms with van der Waals surface area (Å²) in [7, 11) is 0. The van der Waals surface area contributed by atoms with Gasteiger partial charge in [0.25, 0.3) is 5.91 Å². The number of hydrogen-bond donors (Lipinski definition) is 0. The Morgan fingerprint density at radius 1 is 0.688 bits per heavy atom. The molecule has 6 rings (SSSR count). The third-order valence-corrected chi connectivity index (χ3v) is 7.35. The summed E-state index contributed by atoms with van der Waals surface area (Å²) >= 11 is 0. The molecule has 2 amide bonds. The number of cyclic esters (lactones) is 1. The first-order valence-electron chi connectivity index (χ1n) is 15.5. The Kier molecular flexibility index (Phi) is 10.5.